The van der Waals surface area contributed by atoms with E-state index in [1.807, 2.05) is 13.6 Å². The maximum atomic E-state index is 14.2. The molecule has 0 fully saturated rings. The molecule has 2 heterocycles. The number of hydrogen-bond acceptors (Lipinski definition) is 7. The molecule has 0 unspecified atom stereocenters. The summed E-state index contributed by atoms with van der Waals surface area (Å²) in [6.07, 6.45) is -3.97. The summed E-state index contributed by atoms with van der Waals surface area (Å²) in [6, 6.07) is 0.172. The molecular weight excluding hydrogens is 418 g/mol. The van der Waals surface area contributed by atoms with Crippen molar-refractivity contribution in [3.8, 4) is 11.5 Å². The summed E-state index contributed by atoms with van der Waals surface area (Å²) in [6.45, 7) is 7.13. The van der Waals surface area contributed by atoms with Crippen molar-refractivity contribution in [1.29, 1.82) is 0 Å². The molecule has 0 saturated heterocycles. The van der Waals surface area contributed by atoms with Crippen LogP contribution in [-0.2, 0) is 14.3 Å². The van der Waals surface area contributed by atoms with E-state index in [9.17, 15) is 27.2 Å². The van der Waals surface area contributed by atoms with Crippen molar-refractivity contribution in [3.63, 3.8) is 0 Å². The fraction of sp³-hybridized carbons (Fsp3) is 0.333. The Morgan fingerprint density at radius 2 is 1.90 bits per heavy atom. The largest absolute Gasteiger partial charge is 0.573 e. The number of esters is 1. The number of nitrogens with zero attached hydrogens (tertiary/aromatic N) is 1. The topological polar surface area (TPSA) is 101 Å². The van der Waals surface area contributed by atoms with E-state index in [2.05, 4.69) is 4.74 Å². The minimum atomic E-state index is -5.15. The summed E-state index contributed by atoms with van der Waals surface area (Å²) >= 11 is 0. The van der Waals surface area contributed by atoms with Crippen molar-refractivity contribution >= 4 is 30.5 Å². The zero-order valence-electron chi connectivity index (χ0n) is 15.9. The quantitative estimate of drug-likeness (QED) is 0.540. The van der Waals surface area contributed by atoms with E-state index >= 15 is 0 Å². The molecule has 0 bridgehead atoms. The molecule has 1 aliphatic rings. The van der Waals surface area contributed by atoms with Gasteiger partial charge >= 0.3 is 12.3 Å². The highest BCUT2D eigenvalue weighted by Gasteiger charge is 2.37. The second-order valence-corrected chi connectivity index (χ2v) is 5.62. The molecular formula is C18H17F4NO7. The van der Waals surface area contributed by atoms with Crippen LogP contribution in [0.25, 0.3) is 10.9 Å². The Morgan fingerprint density at radius 1 is 1.30 bits per heavy atom. The first kappa shape index (κ1) is 24.6. The number of pyridine rings is 1. The summed E-state index contributed by atoms with van der Waals surface area (Å²) in [5, 5.41) is -0.302. The van der Waals surface area contributed by atoms with Gasteiger partial charge in [0.25, 0.3) is 0 Å². The van der Waals surface area contributed by atoms with Crippen molar-refractivity contribution < 1.29 is 46.2 Å². The minimum Gasteiger partial charge on any atom is -0.485 e. The van der Waals surface area contributed by atoms with Crippen LogP contribution in [0.4, 0.5) is 17.6 Å². The lowest BCUT2D eigenvalue weighted by Gasteiger charge is -2.28. The lowest BCUT2D eigenvalue weighted by Crippen LogP contribution is -2.28. The molecule has 1 aromatic heterocycles. The molecule has 0 N–H and O–H groups in total. The van der Waals surface area contributed by atoms with E-state index in [1.165, 1.54) is 10.8 Å². The number of benzene rings is 1. The monoisotopic (exact) mass is 435 g/mol. The van der Waals surface area contributed by atoms with Crippen molar-refractivity contribution in [2.75, 3.05) is 13.2 Å². The van der Waals surface area contributed by atoms with Gasteiger partial charge in [0, 0.05) is 6.20 Å². The van der Waals surface area contributed by atoms with Gasteiger partial charge in [-0.2, -0.15) is 0 Å². The van der Waals surface area contributed by atoms with Crippen LogP contribution in [0.2, 0.25) is 0 Å². The summed E-state index contributed by atoms with van der Waals surface area (Å²) in [5.74, 6) is -4.03. The van der Waals surface area contributed by atoms with Gasteiger partial charge in [0.05, 0.1) is 23.6 Å². The molecule has 30 heavy (non-hydrogen) atoms. The highest BCUT2D eigenvalue weighted by Crippen LogP contribution is 2.43. The van der Waals surface area contributed by atoms with Gasteiger partial charge in [0.15, 0.2) is 11.6 Å². The van der Waals surface area contributed by atoms with Crippen LogP contribution in [-0.4, -0.2) is 43.7 Å². The van der Waals surface area contributed by atoms with Crippen LogP contribution < -0.4 is 14.9 Å². The first-order valence-corrected chi connectivity index (χ1v) is 8.18. The van der Waals surface area contributed by atoms with Crippen LogP contribution >= 0.6 is 0 Å². The highest BCUT2D eigenvalue weighted by atomic mass is 19.4. The van der Waals surface area contributed by atoms with Crippen LogP contribution in [0.15, 0.2) is 17.1 Å². The Balaban J connectivity index is 0.00000106. The highest BCUT2D eigenvalue weighted by molar-refractivity contribution is 5.96. The number of ether oxygens (including phenoxy) is 3. The third kappa shape index (κ3) is 4.75. The Bertz CT molecular complexity index is 985. The third-order valence-electron chi connectivity index (χ3n) is 3.84. The van der Waals surface area contributed by atoms with Gasteiger partial charge in [0.1, 0.15) is 25.7 Å². The van der Waals surface area contributed by atoms with E-state index in [0.29, 0.717) is 6.07 Å². The van der Waals surface area contributed by atoms with Crippen molar-refractivity contribution in [1.82, 2.24) is 4.57 Å². The number of rotatable bonds is 3. The van der Waals surface area contributed by atoms with E-state index in [0.717, 1.165) is 0 Å². The first-order valence-electron chi connectivity index (χ1n) is 8.18. The van der Waals surface area contributed by atoms with Crippen LogP contribution in [0.1, 0.15) is 30.2 Å². The Labute approximate surface area is 166 Å². The van der Waals surface area contributed by atoms with E-state index in [-0.39, 0.29) is 29.7 Å². The van der Waals surface area contributed by atoms with Crippen LogP contribution in [0.3, 0.4) is 0 Å². The van der Waals surface area contributed by atoms with Crippen LogP contribution in [0, 0.1) is 5.82 Å². The molecule has 0 radical (unpaired) electrons. The SMILES string of the molecule is C=O.C=O.CCOC(=O)c1cn2c3c(c(OC(F)(F)F)c(F)cc3c1=O)OC[C@@H]2C. The van der Waals surface area contributed by atoms with E-state index in [1.54, 1.807) is 13.8 Å². The smallest absolute Gasteiger partial charge is 0.485 e. The second kappa shape index (κ2) is 9.85. The Hall–Kier alpha value is -3.44. The summed E-state index contributed by atoms with van der Waals surface area (Å²) in [7, 11) is 0. The molecule has 1 aromatic carbocycles. The average Bonchev–Trinajstić information content (AvgIpc) is 2.70. The van der Waals surface area contributed by atoms with E-state index in [4.69, 9.17) is 19.1 Å². The Morgan fingerprint density at radius 3 is 2.43 bits per heavy atom. The molecule has 164 valence electrons. The third-order valence-corrected chi connectivity index (χ3v) is 3.84. The number of halogens is 4. The summed E-state index contributed by atoms with van der Waals surface area (Å²) in [4.78, 5) is 40.5. The number of carbonyl (C=O) groups is 3. The molecule has 2 aromatic rings. The summed E-state index contributed by atoms with van der Waals surface area (Å²) in [5.41, 5.74) is -1.29. The van der Waals surface area contributed by atoms with E-state index < -0.39 is 41.1 Å². The van der Waals surface area contributed by atoms with Crippen LogP contribution in [0.5, 0.6) is 11.5 Å². The zero-order valence-corrected chi connectivity index (χ0v) is 15.9. The zero-order chi connectivity index (χ0) is 23.2. The Kier molecular flexibility index (Phi) is 8.08. The van der Waals surface area contributed by atoms with Crippen molar-refractivity contribution in [3.05, 3.63) is 33.9 Å². The lowest BCUT2D eigenvalue weighted by atomic mass is 10.1. The molecule has 0 aliphatic carbocycles. The van der Waals surface area contributed by atoms with Gasteiger partial charge in [0.2, 0.25) is 11.2 Å². The number of hydrogen-bond donors (Lipinski definition) is 0. The fourth-order valence-electron chi connectivity index (χ4n) is 2.77. The van der Waals surface area contributed by atoms with Gasteiger partial charge in [-0.05, 0) is 19.9 Å². The predicted molar refractivity (Wildman–Crippen MR) is 95.3 cm³/mol. The maximum Gasteiger partial charge on any atom is 0.573 e. The molecule has 0 amide bonds. The molecule has 8 nitrogen and oxygen atoms in total. The average molecular weight is 435 g/mol. The summed E-state index contributed by atoms with van der Waals surface area (Å²) < 4.78 is 67.2. The molecule has 1 atom stereocenters. The fourth-order valence-corrected chi connectivity index (χ4v) is 2.77. The number of aromatic nitrogens is 1. The molecule has 3 rings (SSSR count). The van der Waals surface area contributed by atoms with Gasteiger partial charge in [-0.25, -0.2) is 9.18 Å². The number of carbonyl (C=O) groups excluding carboxylic acids is 3. The lowest BCUT2D eigenvalue weighted by molar-refractivity contribution is -0.276. The molecule has 12 heteroatoms. The second-order valence-electron chi connectivity index (χ2n) is 5.62. The predicted octanol–water partition coefficient (Wildman–Crippen LogP) is 2.80. The number of alkyl halides is 3. The van der Waals surface area contributed by atoms with Gasteiger partial charge in [-0.15, -0.1) is 13.2 Å². The van der Waals surface area contributed by atoms with Crippen molar-refractivity contribution in [2.24, 2.45) is 0 Å². The van der Waals surface area contributed by atoms with Gasteiger partial charge in [-0.1, -0.05) is 0 Å². The maximum absolute atomic E-state index is 14.2. The van der Waals surface area contributed by atoms with Gasteiger partial charge < -0.3 is 28.4 Å². The van der Waals surface area contributed by atoms with Gasteiger partial charge in [-0.3, -0.25) is 4.79 Å². The van der Waals surface area contributed by atoms with Crippen molar-refractivity contribution in [2.45, 2.75) is 26.3 Å². The first-order chi connectivity index (χ1) is 14.1. The standard InChI is InChI=1S/C16H13F4NO5.2CH2O/c1-3-24-15(23)9-5-21-7(2)6-25-14-11(21)8(12(9)22)4-10(17)13(14)26-16(18,19)20;2*1-2/h4-5,7H,3,6H2,1-2H3;2*1H2/t7-;;/m0../s1. The molecule has 0 saturated carbocycles. The molecule has 1 aliphatic heterocycles. The molecule has 0 spiro atoms. The normalized spacial score (nSPS) is 14.4. The minimum absolute atomic E-state index is 0.0208.